The molecule has 0 bridgehead atoms. The van der Waals surface area contributed by atoms with Crippen molar-refractivity contribution >= 4 is 14.3 Å². The third-order valence-corrected chi connectivity index (χ3v) is 10.6. The molecule has 0 aromatic heterocycles. The van der Waals surface area contributed by atoms with Crippen molar-refractivity contribution in [2.45, 2.75) is 118 Å². The van der Waals surface area contributed by atoms with Crippen LogP contribution in [0.2, 0.25) is 18.1 Å². The predicted molar refractivity (Wildman–Crippen MR) is 125 cm³/mol. The molecule has 0 aromatic carbocycles. The lowest BCUT2D eigenvalue weighted by atomic mass is 9.93. The first kappa shape index (κ1) is 27.3. The van der Waals surface area contributed by atoms with Gasteiger partial charge in [-0.25, -0.2) is 0 Å². The first-order valence-electron chi connectivity index (χ1n) is 11.1. The fourth-order valence-corrected chi connectivity index (χ4v) is 3.96. The van der Waals surface area contributed by atoms with Crippen molar-refractivity contribution in [1.29, 1.82) is 0 Å². The summed E-state index contributed by atoms with van der Waals surface area (Å²) in [6.45, 7) is 25.8. The summed E-state index contributed by atoms with van der Waals surface area (Å²) in [7, 11) is -1.77. The van der Waals surface area contributed by atoms with Gasteiger partial charge in [-0.1, -0.05) is 32.4 Å². The van der Waals surface area contributed by atoms with Gasteiger partial charge in [0.2, 0.25) is 0 Å². The molecule has 1 aliphatic rings. The third-order valence-electron chi connectivity index (χ3n) is 6.12. The van der Waals surface area contributed by atoms with Gasteiger partial charge in [0.05, 0.1) is 18.6 Å². The number of ether oxygens (including phenoxy) is 3. The van der Waals surface area contributed by atoms with Gasteiger partial charge in [-0.05, 0) is 79.4 Å². The van der Waals surface area contributed by atoms with E-state index >= 15 is 0 Å². The van der Waals surface area contributed by atoms with Gasteiger partial charge in [-0.15, -0.1) is 0 Å². The van der Waals surface area contributed by atoms with Crippen molar-refractivity contribution in [1.82, 2.24) is 0 Å². The van der Waals surface area contributed by atoms with Crippen molar-refractivity contribution in [2.75, 3.05) is 13.2 Å². The van der Waals surface area contributed by atoms with Crippen molar-refractivity contribution in [3.05, 3.63) is 11.6 Å². The molecule has 1 saturated heterocycles. The number of esters is 1. The van der Waals surface area contributed by atoms with Crippen LogP contribution in [0.1, 0.15) is 82.1 Å². The number of hydrogen-bond donors (Lipinski definition) is 0. The van der Waals surface area contributed by atoms with E-state index in [2.05, 4.69) is 46.9 Å². The van der Waals surface area contributed by atoms with Crippen LogP contribution in [-0.4, -0.2) is 45.0 Å². The van der Waals surface area contributed by atoms with Crippen LogP contribution >= 0.6 is 0 Å². The zero-order chi connectivity index (χ0) is 23.6. The Kier molecular flexibility index (Phi) is 8.60. The molecule has 0 spiro atoms. The molecule has 1 aliphatic heterocycles. The molecule has 0 radical (unpaired) electrons. The van der Waals surface area contributed by atoms with Crippen LogP contribution < -0.4 is 0 Å². The zero-order valence-electron chi connectivity index (χ0n) is 21.5. The van der Waals surface area contributed by atoms with Gasteiger partial charge >= 0.3 is 5.97 Å². The number of allylic oxidation sites excluding steroid dienone is 1. The molecule has 6 heteroatoms. The highest BCUT2D eigenvalue weighted by Crippen LogP contribution is 2.38. The average Bonchev–Trinajstić information content (AvgIpc) is 2.84. The summed E-state index contributed by atoms with van der Waals surface area (Å²) in [6.07, 6.45) is 3.27. The van der Waals surface area contributed by atoms with Crippen molar-refractivity contribution in [3.63, 3.8) is 0 Å². The van der Waals surface area contributed by atoms with Crippen LogP contribution in [0, 0.1) is 5.41 Å². The SMILES string of the molecule is C/C(=C\CC[C@H](OC(=O)C(C)(C)C)[C@@]1(C)COC(C)(C)O1)CO[Si](C)(C)C(C)(C)C. The lowest BCUT2D eigenvalue weighted by Gasteiger charge is -2.36. The highest BCUT2D eigenvalue weighted by Gasteiger charge is 2.49. The van der Waals surface area contributed by atoms with E-state index in [1.807, 2.05) is 41.5 Å². The number of hydrogen-bond acceptors (Lipinski definition) is 5. The molecule has 0 saturated carbocycles. The highest BCUT2D eigenvalue weighted by atomic mass is 28.4. The summed E-state index contributed by atoms with van der Waals surface area (Å²) in [6, 6.07) is 0. The Labute approximate surface area is 186 Å². The molecule has 5 nitrogen and oxygen atoms in total. The van der Waals surface area contributed by atoms with Gasteiger partial charge in [-0.3, -0.25) is 4.79 Å². The Morgan fingerprint density at radius 2 is 1.70 bits per heavy atom. The van der Waals surface area contributed by atoms with Crippen LogP contribution in [0.15, 0.2) is 11.6 Å². The minimum atomic E-state index is -1.77. The molecule has 0 unspecified atom stereocenters. The molecular formula is C24H46O5Si. The summed E-state index contributed by atoms with van der Waals surface area (Å²) in [4.78, 5) is 12.6. The third kappa shape index (κ3) is 7.77. The molecular weight excluding hydrogens is 396 g/mol. The number of carbonyl (C=O) groups is 1. The quantitative estimate of drug-likeness (QED) is 0.253. The maximum absolute atomic E-state index is 12.6. The number of carbonyl (C=O) groups excluding carboxylic acids is 1. The number of rotatable bonds is 8. The standard InChI is InChI=1S/C24H46O5Si/c1-18(16-27-30(11,12)22(5,6)7)14-13-15-19(28-20(25)21(2,3)4)24(10)17-26-23(8,9)29-24/h14,19H,13,15-17H2,1-12H3/b18-14+/t19-,24+/m0/s1. The van der Waals surface area contributed by atoms with E-state index in [0.29, 0.717) is 19.6 Å². The molecule has 0 amide bonds. The lowest BCUT2D eigenvalue weighted by Crippen LogP contribution is -2.47. The van der Waals surface area contributed by atoms with Crippen LogP contribution in [0.3, 0.4) is 0 Å². The molecule has 1 rings (SSSR count). The molecule has 1 fully saturated rings. The van der Waals surface area contributed by atoms with Crippen molar-refractivity contribution in [3.8, 4) is 0 Å². The Morgan fingerprint density at radius 1 is 1.13 bits per heavy atom. The Hall–Kier alpha value is -0.693. The summed E-state index contributed by atoms with van der Waals surface area (Å²) in [5, 5.41) is 0.195. The van der Waals surface area contributed by atoms with Crippen LogP contribution in [0.5, 0.6) is 0 Å². The van der Waals surface area contributed by atoms with Gasteiger partial charge in [0.1, 0.15) is 11.7 Å². The summed E-state index contributed by atoms with van der Waals surface area (Å²) < 4.78 is 24.2. The Morgan fingerprint density at radius 3 is 2.13 bits per heavy atom. The molecule has 2 atom stereocenters. The van der Waals surface area contributed by atoms with E-state index in [9.17, 15) is 4.79 Å². The highest BCUT2D eigenvalue weighted by molar-refractivity contribution is 6.74. The summed E-state index contributed by atoms with van der Waals surface area (Å²) in [5.41, 5.74) is -0.0225. The summed E-state index contributed by atoms with van der Waals surface area (Å²) in [5.74, 6) is -0.895. The largest absolute Gasteiger partial charge is 0.459 e. The second-order valence-electron chi connectivity index (χ2n) is 11.9. The van der Waals surface area contributed by atoms with Gasteiger partial charge in [0.25, 0.3) is 0 Å². The maximum atomic E-state index is 12.6. The first-order chi connectivity index (χ1) is 13.3. The minimum Gasteiger partial charge on any atom is -0.459 e. The second-order valence-corrected chi connectivity index (χ2v) is 16.7. The lowest BCUT2D eigenvalue weighted by molar-refractivity contribution is -0.198. The Bertz CT molecular complexity index is 624. The van der Waals surface area contributed by atoms with Crippen molar-refractivity contribution < 1.29 is 23.4 Å². The molecule has 1 heterocycles. The van der Waals surface area contributed by atoms with E-state index in [4.69, 9.17) is 18.6 Å². The second kappa shape index (κ2) is 9.43. The van der Waals surface area contributed by atoms with Crippen LogP contribution in [0.25, 0.3) is 0 Å². The monoisotopic (exact) mass is 442 g/mol. The zero-order valence-corrected chi connectivity index (χ0v) is 22.5. The van der Waals surface area contributed by atoms with Gasteiger partial charge < -0.3 is 18.6 Å². The molecule has 176 valence electrons. The molecule has 0 aromatic rings. The Balaban J connectivity index is 2.81. The molecule has 0 aliphatic carbocycles. The van der Waals surface area contributed by atoms with Crippen LogP contribution in [0.4, 0.5) is 0 Å². The van der Waals surface area contributed by atoms with Crippen molar-refractivity contribution in [2.24, 2.45) is 5.41 Å². The van der Waals surface area contributed by atoms with E-state index in [1.165, 1.54) is 5.57 Å². The van der Waals surface area contributed by atoms with E-state index < -0.39 is 25.1 Å². The van der Waals surface area contributed by atoms with Crippen LogP contribution in [-0.2, 0) is 23.4 Å². The van der Waals surface area contributed by atoms with Gasteiger partial charge in [-0.2, -0.15) is 0 Å². The smallest absolute Gasteiger partial charge is 0.311 e. The van der Waals surface area contributed by atoms with Gasteiger partial charge in [0, 0.05) is 0 Å². The topological polar surface area (TPSA) is 54.0 Å². The fourth-order valence-electron chi connectivity index (χ4n) is 2.94. The minimum absolute atomic E-state index is 0.195. The normalized spacial score (nSPS) is 24.1. The fraction of sp³-hybridized carbons (Fsp3) is 0.875. The van der Waals surface area contributed by atoms with Gasteiger partial charge in [0.15, 0.2) is 14.1 Å². The van der Waals surface area contributed by atoms with E-state index in [0.717, 1.165) is 6.42 Å². The maximum Gasteiger partial charge on any atom is 0.311 e. The summed E-state index contributed by atoms with van der Waals surface area (Å²) >= 11 is 0. The van der Waals surface area contributed by atoms with E-state index in [-0.39, 0.29) is 17.1 Å². The predicted octanol–water partition coefficient (Wildman–Crippen LogP) is 6.23. The molecule has 0 N–H and O–H groups in total. The first-order valence-corrected chi connectivity index (χ1v) is 14.0. The molecule has 30 heavy (non-hydrogen) atoms. The van der Waals surface area contributed by atoms with E-state index in [1.54, 1.807) is 0 Å². The average molecular weight is 443 g/mol.